The molecule has 0 atom stereocenters. The van der Waals surface area contributed by atoms with Crippen LogP contribution in [0.4, 0.5) is 5.82 Å². The predicted molar refractivity (Wildman–Crippen MR) is 83.4 cm³/mol. The molecule has 0 bridgehead atoms. The summed E-state index contributed by atoms with van der Waals surface area (Å²) >= 11 is 0. The molecule has 0 radical (unpaired) electrons. The molecule has 6 nitrogen and oxygen atoms in total. The fraction of sp³-hybridized carbons (Fsp3) is 0.312. The van der Waals surface area contributed by atoms with Crippen molar-refractivity contribution in [1.29, 1.82) is 0 Å². The summed E-state index contributed by atoms with van der Waals surface area (Å²) in [6, 6.07) is 7.29. The van der Waals surface area contributed by atoms with Gasteiger partial charge in [0.1, 0.15) is 18.2 Å². The number of benzene rings is 1. The van der Waals surface area contributed by atoms with Gasteiger partial charge in [-0.3, -0.25) is 0 Å². The van der Waals surface area contributed by atoms with E-state index in [1.807, 2.05) is 32.9 Å². The van der Waals surface area contributed by atoms with Crippen LogP contribution in [0.25, 0.3) is 0 Å². The van der Waals surface area contributed by atoms with Gasteiger partial charge in [0.25, 0.3) is 0 Å². The molecule has 0 aliphatic heterocycles. The van der Waals surface area contributed by atoms with Gasteiger partial charge in [-0.2, -0.15) is 0 Å². The van der Waals surface area contributed by atoms with Gasteiger partial charge >= 0.3 is 5.97 Å². The summed E-state index contributed by atoms with van der Waals surface area (Å²) in [7, 11) is 0. The number of aryl methyl sites for hydroxylation is 2. The maximum atomic E-state index is 11.1. The zero-order valence-corrected chi connectivity index (χ0v) is 12.9. The molecule has 116 valence electrons. The maximum absolute atomic E-state index is 11.1. The average Bonchev–Trinajstić information content (AvgIpc) is 2.44. The lowest BCUT2D eigenvalue weighted by molar-refractivity contribution is 0.0689. The van der Waals surface area contributed by atoms with Gasteiger partial charge in [-0.05, 0) is 44.0 Å². The first-order valence-corrected chi connectivity index (χ1v) is 7.04. The monoisotopic (exact) mass is 301 g/mol. The van der Waals surface area contributed by atoms with E-state index in [0.717, 1.165) is 11.1 Å². The first-order chi connectivity index (χ1) is 10.5. The van der Waals surface area contributed by atoms with Crippen molar-refractivity contribution in [2.75, 3.05) is 11.9 Å². The van der Waals surface area contributed by atoms with E-state index in [-0.39, 0.29) is 12.3 Å². The highest BCUT2D eigenvalue weighted by Crippen LogP contribution is 2.17. The molecule has 6 heteroatoms. The van der Waals surface area contributed by atoms with Crippen molar-refractivity contribution >= 4 is 11.8 Å². The zero-order chi connectivity index (χ0) is 16.1. The average molecular weight is 301 g/mol. The van der Waals surface area contributed by atoms with Gasteiger partial charge in [0.15, 0.2) is 11.5 Å². The molecule has 0 saturated carbocycles. The summed E-state index contributed by atoms with van der Waals surface area (Å²) < 4.78 is 5.68. The summed E-state index contributed by atoms with van der Waals surface area (Å²) in [4.78, 5) is 19.4. The number of anilines is 1. The second kappa shape index (κ2) is 6.89. The number of aromatic nitrogens is 2. The number of nitrogens with zero attached hydrogens (tertiary/aromatic N) is 2. The van der Waals surface area contributed by atoms with Gasteiger partial charge in [-0.1, -0.05) is 6.07 Å². The Labute approximate surface area is 129 Å². The third-order valence-electron chi connectivity index (χ3n) is 2.91. The van der Waals surface area contributed by atoms with Gasteiger partial charge in [-0.15, -0.1) is 0 Å². The second-order valence-corrected chi connectivity index (χ2v) is 5.00. The van der Waals surface area contributed by atoms with E-state index in [1.165, 1.54) is 6.07 Å². The first kappa shape index (κ1) is 15.8. The molecule has 2 N–H and O–H groups in total. The summed E-state index contributed by atoms with van der Waals surface area (Å²) in [5.41, 5.74) is 2.15. The standard InChI is InChI=1S/C16H19N3O3/c1-4-17-14-8-13(16(20)21)18-15(19-14)9-22-12-6-10(2)5-11(3)7-12/h5-8H,4,9H2,1-3H3,(H,20,21)(H,17,18,19). The fourth-order valence-corrected chi connectivity index (χ4v) is 2.11. The van der Waals surface area contributed by atoms with Crippen molar-refractivity contribution in [3.8, 4) is 5.75 Å². The molecule has 0 amide bonds. The molecule has 0 spiro atoms. The van der Waals surface area contributed by atoms with E-state index in [2.05, 4.69) is 21.4 Å². The Morgan fingerprint density at radius 1 is 1.18 bits per heavy atom. The Morgan fingerprint density at radius 2 is 1.86 bits per heavy atom. The van der Waals surface area contributed by atoms with Gasteiger partial charge in [0, 0.05) is 12.6 Å². The smallest absolute Gasteiger partial charge is 0.354 e. The van der Waals surface area contributed by atoms with Crippen LogP contribution in [0.2, 0.25) is 0 Å². The third kappa shape index (κ3) is 4.18. The molecule has 0 unspecified atom stereocenters. The molecule has 1 aromatic carbocycles. The minimum absolute atomic E-state index is 0.0510. The number of aromatic carboxylic acids is 1. The van der Waals surface area contributed by atoms with E-state index in [0.29, 0.717) is 23.9 Å². The Hall–Kier alpha value is -2.63. The van der Waals surface area contributed by atoms with Crippen LogP contribution in [-0.4, -0.2) is 27.6 Å². The molecular formula is C16H19N3O3. The van der Waals surface area contributed by atoms with Crippen molar-refractivity contribution in [3.05, 3.63) is 46.9 Å². The van der Waals surface area contributed by atoms with Crippen molar-refractivity contribution in [2.24, 2.45) is 0 Å². The lowest BCUT2D eigenvalue weighted by Crippen LogP contribution is -2.11. The molecule has 2 aromatic rings. The topological polar surface area (TPSA) is 84.3 Å². The van der Waals surface area contributed by atoms with Crippen molar-refractivity contribution in [2.45, 2.75) is 27.4 Å². The molecule has 0 saturated heterocycles. The van der Waals surface area contributed by atoms with E-state index < -0.39 is 5.97 Å². The highest BCUT2D eigenvalue weighted by Gasteiger charge is 2.11. The highest BCUT2D eigenvalue weighted by atomic mass is 16.5. The summed E-state index contributed by atoms with van der Waals surface area (Å²) in [6.45, 7) is 6.65. The number of carboxylic acid groups (broad SMARTS) is 1. The lowest BCUT2D eigenvalue weighted by atomic mass is 10.1. The van der Waals surface area contributed by atoms with Crippen LogP contribution in [0.3, 0.4) is 0 Å². The third-order valence-corrected chi connectivity index (χ3v) is 2.91. The summed E-state index contributed by atoms with van der Waals surface area (Å²) in [5, 5.41) is 12.1. The lowest BCUT2D eigenvalue weighted by Gasteiger charge is -2.10. The number of hydrogen-bond acceptors (Lipinski definition) is 5. The Bertz CT molecular complexity index is 666. The second-order valence-electron chi connectivity index (χ2n) is 5.00. The first-order valence-electron chi connectivity index (χ1n) is 7.04. The molecule has 22 heavy (non-hydrogen) atoms. The van der Waals surface area contributed by atoms with Gasteiger partial charge < -0.3 is 15.2 Å². The zero-order valence-electron chi connectivity index (χ0n) is 12.9. The number of rotatable bonds is 6. The molecule has 1 heterocycles. The number of carbonyl (C=O) groups is 1. The van der Waals surface area contributed by atoms with Crippen LogP contribution in [-0.2, 0) is 6.61 Å². The van der Waals surface area contributed by atoms with Crippen molar-refractivity contribution in [1.82, 2.24) is 9.97 Å². The van der Waals surface area contributed by atoms with Crippen LogP contribution in [0.1, 0.15) is 34.4 Å². The SMILES string of the molecule is CCNc1cc(C(=O)O)nc(COc2cc(C)cc(C)c2)n1. The predicted octanol–water partition coefficient (Wildman–Crippen LogP) is 2.80. The minimum atomic E-state index is -1.09. The van der Waals surface area contributed by atoms with Crippen LogP contribution >= 0.6 is 0 Å². The fourth-order valence-electron chi connectivity index (χ4n) is 2.11. The van der Waals surface area contributed by atoms with Crippen molar-refractivity contribution < 1.29 is 14.6 Å². The van der Waals surface area contributed by atoms with Crippen LogP contribution in [0.5, 0.6) is 5.75 Å². The summed E-state index contributed by atoms with van der Waals surface area (Å²) in [5.74, 6) is 0.435. The molecule has 1 aromatic heterocycles. The van der Waals surface area contributed by atoms with Gasteiger partial charge in [-0.25, -0.2) is 14.8 Å². The van der Waals surface area contributed by atoms with Gasteiger partial charge in [0.2, 0.25) is 0 Å². The number of carboxylic acids is 1. The maximum Gasteiger partial charge on any atom is 0.354 e. The molecule has 0 aliphatic rings. The number of nitrogens with one attached hydrogen (secondary N) is 1. The quantitative estimate of drug-likeness (QED) is 0.853. The van der Waals surface area contributed by atoms with E-state index in [9.17, 15) is 4.79 Å². The Morgan fingerprint density at radius 3 is 2.45 bits per heavy atom. The van der Waals surface area contributed by atoms with Crippen LogP contribution in [0.15, 0.2) is 24.3 Å². The molecular weight excluding hydrogens is 282 g/mol. The highest BCUT2D eigenvalue weighted by molar-refractivity contribution is 5.86. The van der Waals surface area contributed by atoms with E-state index >= 15 is 0 Å². The van der Waals surface area contributed by atoms with Crippen LogP contribution in [0, 0.1) is 13.8 Å². The summed E-state index contributed by atoms with van der Waals surface area (Å²) in [6.07, 6.45) is 0. The largest absolute Gasteiger partial charge is 0.486 e. The van der Waals surface area contributed by atoms with Crippen LogP contribution < -0.4 is 10.1 Å². The Kier molecular flexibility index (Phi) is 4.93. The Balaban J connectivity index is 2.19. The number of hydrogen-bond donors (Lipinski definition) is 2. The minimum Gasteiger partial charge on any atom is -0.486 e. The van der Waals surface area contributed by atoms with Crippen molar-refractivity contribution in [3.63, 3.8) is 0 Å². The van der Waals surface area contributed by atoms with E-state index in [1.54, 1.807) is 0 Å². The molecule has 0 aliphatic carbocycles. The number of ether oxygens (including phenoxy) is 1. The van der Waals surface area contributed by atoms with E-state index in [4.69, 9.17) is 9.84 Å². The normalized spacial score (nSPS) is 10.3. The molecule has 0 fully saturated rings. The molecule has 2 rings (SSSR count). The van der Waals surface area contributed by atoms with Gasteiger partial charge in [0.05, 0.1) is 0 Å².